The molecule has 1 aliphatic rings. The molecular weight excluding hydrogens is 204 g/mol. The summed E-state index contributed by atoms with van der Waals surface area (Å²) in [6.45, 7) is 2.25. The Kier molecular flexibility index (Phi) is 1.77. The first-order valence-corrected chi connectivity index (χ1v) is 4.60. The van der Waals surface area contributed by atoms with Crippen molar-refractivity contribution in [1.29, 1.82) is 0 Å². The van der Waals surface area contributed by atoms with Gasteiger partial charge in [0.15, 0.2) is 0 Å². The SMILES string of the molecule is CN1CCc2[nH]c(Br)cc2C1. The van der Waals surface area contributed by atoms with Crippen molar-refractivity contribution in [1.82, 2.24) is 9.88 Å². The number of rotatable bonds is 0. The van der Waals surface area contributed by atoms with Gasteiger partial charge in [0, 0.05) is 25.2 Å². The molecular formula is C8H11BrN2. The van der Waals surface area contributed by atoms with Crippen molar-refractivity contribution in [3.8, 4) is 0 Å². The number of nitrogens with one attached hydrogen (secondary N) is 1. The van der Waals surface area contributed by atoms with Crippen LogP contribution in [0.15, 0.2) is 10.7 Å². The van der Waals surface area contributed by atoms with E-state index >= 15 is 0 Å². The van der Waals surface area contributed by atoms with Crippen LogP contribution in [0.25, 0.3) is 0 Å². The molecule has 2 rings (SSSR count). The van der Waals surface area contributed by atoms with Crippen LogP contribution in [-0.2, 0) is 13.0 Å². The first-order chi connectivity index (χ1) is 5.25. The van der Waals surface area contributed by atoms with Crippen molar-refractivity contribution < 1.29 is 0 Å². The minimum atomic E-state index is 1.08. The normalized spacial score (nSPS) is 18.4. The summed E-state index contributed by atoms with van der Waals surface area (Å²) >= 11 is 3.44. The van der Waals surface area contributed by atoms with Crippen LogP contribution in [0, 0.1) is 0 Å². The second-order valence-corrected chi connectivity index (χ2v) is 3.96. The highest BCUT2D eigenvalue weighted by Gasteiger charge is 2.14. The fourth-order valence-electron chi connectivity index (χ4n) is 1.54. The third-order valence-electron chi connectivity index (χ3n) is 2.14. The molecule has 0 saturated carbocycles. The summed E-state index contributed by atoms with van der Waals surface area (Å²) in [4.78, 5) is 5.64. The number of halogens is 1. The van der Waals surface area contributed by atoms with E-state index in [1.54, 1.807) is 0 Å². The van der Waals surface area contributed by atoms with E-state index < -0.39 is 0 Å². The molecule has 0 saturated heterocycles. The standard InChI is InChI=1S/C8H11BrN2/c1-11-3-2-7-6(5-11)4-8(9)10-7/h4,10H,2-3,5H2,1H3. The predicted octanol–water partition coefficient (Wildman–Crippen LogP) is 1.77. The van der Waals surface area contributed by atoms with Crippen molar-refractivity contribution >= 4 is 15.9 Å². The number of hydrogen-bond acceptors (Lipinski definition) is 1. The monoisotopic (exact) mass is 214 g/mol. The van der Waals surface area contributed by atoms with Gasteiger partial charge in [0.05, 0.1) is 4.60 Å². The third-order valence-corrected chi connectivity index (χ3v) is 2.57. The number of fused-ring (bicyclic) bond motifs is 1. The Morgan fingerprint density at radius 2 is 2.45 bits per heavy atom. The largest absolute Gasteiger partial charge is 0.353 e. The van der Waals surface area contributed by atoms with Gasteiger partial charge in [-0.05, 0) is 34.6 Å². The van der Waals surface area contributed by atoms with Crippen molar-refractivity contribution in [2.75, 3.05) is 13.6 Å². The molecule has 1 N–H and O–H groups in total. The van der Waals surface area contributed by atoms with Crippen LogP contribution in [0.4, 0.5) is 0 Å². The maximum absolute atomic E-state index is 3.44. The highest BCUT2D eigenvalue weighted by atomic mass is 79.9. The van der Waals surface area contributed by atoms with Crippen LogP contribution in [0.3, 0.4) is 0 Å². The smallest absolute Gasteiger partial charge is 0.0825 e. The molecule has 3 heteroatoms. The number of likely N-dealkylation sites (N-methyl/N-ethyl adjacent to an activating group) is 1. The Morgan fingerprint density at radius 1 is 1.64 bits per heavy atom. The molecule has 0 spiro atoms. The highest BCUT2D eigenvalue weighted by molar-refractivity contribution is 9.10. The van der Waals surface area contributed by atoms with Crippen LogP contribution in [-0.4, -0.2) is 23.5 Å². The van der Waals surface area contributed by atoms with Gasteiger partial charge in [0.25, 0.3) is 0 Å². The van der Waals surface area contributed by atoms with Crippen LogP contribution < -0.4 is 0 Å². The molecule has 0 fully saturated rings. The zero-order valence-electron chi connectivity index (χ0n) is 6.52. The van der Waals surface area contributed by atoms with Crippen LogP contribution in [0.2, 0.25) is 0 Å². The Balaban J connectivity index is 2.34. The maximum atomic E-state index is 3.44. The zero-order chi connectivity index (χ0) is 7.84. The van der Waals surface area contributed by atoms with Crippen LogP contribution in [0.1, 0.15) is 11.3 Å². The van der Waals surface area contributed by atoms with E-state index in [1.807, 2.05) is 0 Å². The minimum Gasteiger partial charge on any atom is -0.353 e. The van der Waals surface area contributed by atoms with E-state index in [4.69, 9.17) is 0 Å². The summed E-state index contributed by atoms with van der Waals surface area (Å²) in [6.07, 6.45) is 1.15. The molecule has 1 aromatic rings. The van der Waals surface area contributed by atoms with Gasteiger partial charge in [-0.3, -0.25) is 0 Å². The van der Waals surface area contributed by atoms with Gasteiger partial charge in [-0.15, -0.1) is 0 Å². The molecule has 60 valence electrons. The Bertz CT molecular complexity index is 267. The van der Waals surface area contributed by atoms with E-state index in [0.29, 0.717) is 0 Å². The Morgan fingerprint density at radius 3 is 3.27 bits per heavy atom. The molecule has 0 aromatic carbocycles. The molecule has 1 aromatic heterocycles. The van der Waals surface area contributed by atoms with Gasteiger partial charge in [-0.25, -0.2) is 0 Å². The highest BCUT2D eigenvalue weighted by Crippen LogP contribution is 2.21. The van der Waals surface area contributed by atoms with E-state index in [-0.39, 0.29) is 0 Å². The number of H-pyrrole nitrogens is 1. The van der Waals surface area contributed by atoms with Crippen LogP contribution in [0.5, 0.6) is 0 Å². The minimum absolute atomic E-state index is 1.08. The van der Waals surface area contributed by atoms with E-state index in [1.165, 1.54) is 17.8 Å². The van der Waals surface area contributed by atoms with Gasteiger partial charge >= 0.3 is 0 Å². The Hall–Kier alpha value is -0.280. The molecule has 11 heavy (non-hydrogen) atoms. The molecule has 0 amide bonds. The summed E-state index contributed by atoms with van der Waals surface area (Å²) in [7, 11) is 2.16. The van der Waals surface area contributed by atoms with Crippen molar-refractivity contribution in [2.24, 2.45) is 0 Å². The predicted molar refractivity (Wildman–Crippen MR) is 48.5 cm³/mol. The van der Waals surface area contributed by atoms with Gasteiger partial charge in [0.2, 0.25) is 0 Å². The quantitative estimate of drug-likeness (QED) is 0.698. The Labute approximate surface area is 74.7 Å². The first-order valence-electron chi connectivity index (χ1n) is 3.80. The summed E-state index contributed by atoms with van der Waals surface area (Å²) in [5.74, 6) is 0. The van der Waals surface area contributed by atoms with Gasteiger partial charge in [-0.1, -0.05) is 0 Å². The summed E-state index contributed by atoms with van der Waals surface area (Å²) in [5, 5.41) is 0. The lowest BCUT2D eigenvalue weighted by molar-refractivity contribution is 0.312. The van der Waals surface area contributed by atoms with Crippen LogP contribution >= 0.6 is 15.9 Å². The number of aromatic amines is 1. The molecule has 0 atom stereocenters. The molecule has 0 bridgehead atoms. The second-order valence-electron chi connectivity index (χ2n) is 3.11. The molecule has 2 nitrogen and oxygen atoms in total. The maximum Gasteiger partial charge on any atom is 0.0825 e. The molecule has 2 heterocycles. The number of aromatic nitrogens is 1. The average molecular weight is 215 g/mol. The number of nitrogens with zero attached hydrogens (tertiary/aromatic N) is 1. The molecule has 0 aliphatic carbocycles. The second kappa shape index (κ2) is 2.64. The summed E-state index contributed by atoms with van der Waals surface area (Å²) < 4.78 is 1.11. The lowest BCUT2D eigenvalue weighted by Crippen LogP contribution is -2.25. The molecule has 0 unspecified atom stereocenters. The van der Waals surface area contributed by atoms with E-state index in [2.05, 4.69) is 38.9 Å². The van der Waals surface area contributed by atoms with E-state index in [0.717, 1.165) is 17.6 Å². The number of hydrogen-bond donors (Lipinski definition) is 1. The van der Waals surface area contributed by atoms with Crippen molar-refractivity contribution in [3.05, 3.63) is 21.9 Å². The zero-order valence-corrected chi connectivity index (χ0v) is 8.11. The lowest BCUT2D eigenvalue weighted by atomic mass is 10.1. The third kappa shape index (κ3) is 1.35. The summed E-state index contributed by atoms with van der Waals surface area (Å²) in [5.41, 5.74) is 2.83. The van der Waals surface area contributed by atoms with E-state index in [9.17, 15) is 0 Å². The van der Waals surface area contributed by atoms with Gasteiger partial charge in [0.1, 0.15) is 0 Å². The molecule has 1 aliphatic heterocycles. The summed E-state index contributed by atoms with van der Waals surface area (Å²) in [6, 6.07) is 2.17. The molecule has 0 radical (unpaired) electrons. The van der Waals surface area contributed by atoms with Crippen molar-refractivity contribution in [3.63, 3.8) is 0 Å². The fraction of sp³-hybridized carbons (Fsp3) is 0.500. The average Bonchev–Trinajstić information content (AvgIpc) is 2.27. The van der Waals surface area contributed by atoms with Gasteiger partial charge in [-0.2, -0.15) is 0 Å². The fourth-order valence-corrected chi connectivity index (χ4v) is 2.05. The lowest BCUT2D eigenvalue weighted by Gasteiger charge is -2.21. The van der Waals surface area contributed by atoms with Gasteiger partial charge < -0.3 is 9.88 Å². The van der Waals surface area contributed by atoms with Crippen molar-refractivity contribution in [2.45, 2.75) is 13.0 Å². The first kappa shape index (κ1) is 7.37. The topological polar surface area (TPSA) is 19.0 Å².